The molecular weight excluding hydrogens is 164 g/mol. The van der Waals surface area contributed by atoms with Crippen LogP contribution in [0.15, 0.2) is 24.8 Å². The maximum atomic E-state index is 5.90. The molecule has 1 nitrogen and oxygen atoms in total. The van der Waals surface area contributed by atoms with E-state index in [2.05, 4.69) is 32.3 Å². The maximum Gasteiger partial charge on any atom is 0.184 e. The van der Waals surface area contributed by atoms with Gasteiger partial charge in [0.15, 0.2) is 8.32 Å². The molecule has 70 valence electrons. The minimum Gasteiger partial charge on any atom is -0.411 e. The van der Waals surface area contributed by atoms with Gasteiger partial charge in [-0.05, 0) is 33.0 Å². The first-order valence-electron chi connectivity index (χ1n) is 4.41. The van der Waals surface area contributed by atoms with Crippen LogP contribution >= 0.6 is 0 Å². The van der Waals surface area contributed by atoms with Crippen LogP contribution in [-0.2, 0) is 4.43 Å². The molecule has 0 spiro atoms. The minimum atomic E-state index is -1.39. The Hall–Kier alpha value is -0.343. The summed E-state index contributed by atoms with van der Waals surface area (Å²) in [4.78, 5) is 0. The van der Waals surface area contributed by atoms with Gasteiger partial charge in [-0.3, -0.25) is 0 Å². The third kappa shape index (κ3) is 6.37. The Kier molecular flexibility index (Phi) is 5.18. The Bertz CT molecular complexity index is 156. The summed E-state index contributed by atoms with van der Waals surface area (Å²) in [7, 11) is -1.39. The van der Waals surface area contributed by atoms with Gasteiger partial charge in [0.2, 0.25) is 0 Å². The van der Waals surface area contributed by atoms with Crippen molar-refractivity contribution in [3.63, 3.8) is 0 Å². The summed E-state index contributed by atoms with van der Waals surface area (Å²) in [5.41, 5.74) is 0. The van der Waals surface area contributed by atoms with Crippen LogP contribution in [0.3, 0.4) is 0 Å². The van der Waals surface area contributed by atoms with Crippen molar-refractivity contribution in [2.75, 3.05) is 0 Å². The molecule has 1 atom stereocenters. The zero-order valence-electron chi connectivity index (χ0n) is 8.63. The summed E-state index contributed by atoms with van der Waals surface area (Å²) in [5, 5.41) is 0. The maximum absolute atomic E-state index is 5.90. The first kappa shape index (κ1) is 11.7. The fourth-order valence-corrected chi connectivity index (χ4v) is 2.08. The molecule has 0 aromatic rings. The zero-order chi connectivity index (χ0) is 9.61. The zero-order valence-corrected chi connectivity index (χ0v) is 9.63. The second kappa shape index (κ2) is 5.33. The molecule has 0 heterocycles. The molecule has 0 fully saturated rings. The van der Waals surface area contributed by atoms with Gasteiger partial charge in [-0.1, -0.05) is 18.2 Å². The molecule has 0 aliphatic carbocycles. The van der Waals surface area contributed by atoms with Crippen molar-refractivity contribution >= 4 is 8.32 Å². The molecule has 0 N–H and O–H groups in total. The molecule has 0 saturated heterocycles. The number of hydrogen-bond donors (Lipinski definition) is 0. The van der Waals surface area contributed by atoms with E-state index in [4.69, 9.17) is 4.43 Å². The highest BCUT2D eigenvalue weighted by Gasteiger charge is 2.18. The average molecular weight is 184 g/mol. The summed E-state index contributed by atoms with van der Waals surface area (Å²) in [6.45, 7) is 12.3. The van der Waals surface area contributed by atoms with Gasteiger partial charge in [0.05, 0.1) is 6.10 Å². The lowest BCUT2D eigenvalue weighted by molar-refractivity contribution is 0.245. The van der Waals surface area contributed by atoms with Gasteiger partial charge in [-0.2, -0.15) is 0 Å². The summed E-state index contributed by atoms with van der Waals surface area (Å²) in [6.07, 6.45) is 7.19. The summed E-state index contributed by atoms with van der Waals surface area (Å²) < 4.78 is 5.90. The van der Waals surface area contributed by atoms with E-state index in [1.165, 1.54) is 0 Å². The van der Waals surface area contributed by atoms with Crippen molar-refractivity contribution in [3.8, 4) is 0 Å². The number of rotatable bonds is 5. The lowest BCUT2D eigenvalue weighted by atomic mass is 10.2. The fourth-order valence-electron chi connectivity index (χ4n) is 0.999. The van der Waals surface area contributed by atoms with Crippen molar-refractivity contribution < 1.29 is 4.43 Å². The van der Waals surface area contributed by atoms with Crippen molar-refractivity contribution in [2.24, 2.45) is 0 Å². The molecule has 0 aromatic carbocycles. The summed E-state index contributed by atoms with van der Waals surface area (Å²) in [5.74, 6) is 0. The largest absolute Gasteiger partial charge is 0.411 e. The molecule has 0 amide bonds. The molecular formula is C10H20OSi. The first-order valence-corrected chi connectivity index (χ1v) is 7.82. The highest BCUT2D eigenvalue weighted by molar-refractivity contribution is 6.69. The van der Waals surface area contributed by atoms with Crippen molar-refractivity contribution in [2.45, 2.75) is 39.1 Å². The van der Waals surface area contributed by atoms with Crippen molar-refractivity contribution in [1.82, 2.24) is 0 Å². The van der Waals surface area contributed by atoms with Gasteiger partial charge in [0.1, 0.15) is 0 Å². The Morgan fingerprint density at radius 2 is 2.00 bits per heavy atom. The predicted molar refractivity (Wildman–Crippen MR) is 57.8 cm³/mol. The fraction of sp³-hybridized carbons (Fsp3) is 0.600. The van der Waals surface area contributed by atoms with E-state index < -0.39 is 8.32 Å². The van der Waals surface area contributed by atoms with Crippen LogP contribution < -0.4 is 0 Å². The highest BCUT2D eigenvalue weighted by atomic mass is 28.4. The SMILES string of the molecule is C=CCC(C=CC)O[Si](C)(C)C. The Morgan fingerprint density at radius 1 is 1.42 bits per heavy atom. The van der Waals surface area contributed by atoms with Gasteiger partial charge in [0, 0.05) is 0 Å². The summed E-state index contributed by atoms with van der Waals surface area (Å²) >= 11 is 0. The lowest BCUT2D eigenvalue weighted by Gasteiger charge is -2.23. The van der Waals surface area contributed by atoms with Crippen LogP contribution in [0.1, 0.15) is 13.3 Å². The third-order valence-corrected chi connectivity index (χ3v) is 2.32. The monoisotopic (exact) mass is 184 g/mol. The second-order valence-corrected chi connectivity index (χ2v) is 8.28. The van der Waals surface area contributed by atoms with Crippen LogP contribution in [0.4, 0.5) is 0 Å². The van der Waals surface area contributed by atoms with Gasteiger partial charge in [-0.15, -0.1) is 6.58 Å². The van der Waals surface area contributed by atoms with Gasteiger partial charge >= 0.3 is 0 Å². The Morgan fingerprint density at radius 3 is 2.33 bits per heavy atom. The van der Waals surface area contributed by atoms with E-state index in [1.54, 1.807) is 0 Å². The van der Waals surface area contributed by atoms with Gasteiger partial charge in [0.25, 0.3) is 0 Å². The van der Waals surface area contributed by atoms with Gasteiger partial charge < -0.3 is 4.43 Å². The minimum absolute atomic E-state index is 0.235. The van der Waals surface area contributed by atoms with E-state index >= 15 is 0 Å². The third-order valence-electron chi connectivity index (χ3n) is 1.31. The molecule has 0 saturated carbocycles. The average Bonchev–Trinajstić information content (AvgIpc) is 1.84. The summed E-state index contributed by atoms with van der Waals surface area (Å²) in [6, 6.07) is 0. The lowest BCUT2D eigenvalue weighted by Crippen LogP contribution is -2.30. The molecule has 0 rings (SSSR count). The van der Waals surface area contributed by atoms with Crippen LogP contribution in [0.5, 0.6) is 0 Å². The molecule has 0 aromatic heterocycles. The quantitative estimate of drug-likeness (QED) is 0.470. The standard InChI is InChI=1S/C10H20OSi/c1-6-8-10(9-7-2)11-12(3,4)5/h6-7,9-10H,1,8H2,2-5H3. The van der Waals surface area contributed by atoms with Crippen LogP contribution in [0, 0.1) is 0 Å². The Labute approximate surface area is 77.3 Å². The van der Waals surface area contributed by atoms with Crippen molar-refractivity contribution in [1.29, 1.82) is 0 Å². The van der Waals surface area contributed by atoms with E-state index in [0.717, 1.165) is 6.42 Å². The Balaban J connectivity index is 4.03. The van der Waals surface area contributed by atoms with E-state index in [1.807, 2.05) is 19.1 Å². The van der Waals surface area contributed by atoms with Crippen LogP contribution in [0.2, 0.25) is 19.6 Å². The first-order chi connectivity index (χ1) is 5.49. The number of allylic oxidation sites excluding steroid dienone is 1. The second-order valence-electron chi connectivity index (χ2n) is 3.82. The molecule has 0 aliphatic rings. The molecule has 2 heteroatoms. The van der Waals surface area contributed by atoms with Crippen molar-refractivity contribution in [3.05, 3.63) is 24.8 Å². The molecule has 0 aliphatic heterocycles. The normalized spacial score (nSPS) is 15.0. The molecule has 1 unspecified atom stereocenters. The van der Waals surface area contributed by atoms with Gasteiger partial charge in [-0.25, -0.2) is 0 Å². The predicted octanol–water partition coefficient (Wildman–Crippen LogP) is 3.36. The van der Waals surface area contributed by atoms with Crippen LogP contribution in [-0.4, -0.2) is 14.4 Å². The van der Waals surface area contributed by atoms with E-state index in [9.17, 15) is 0 Å². The smallest absolute Gasteiger partial charge is 0.184 e. The molecule has 0 radical (unpaired) electrons. The van der Waals surface area contributed by atoms with E-state index in [0.29, 0.717) is 0 Å². The van der Waals surface area contributed by atoms with E-state index in [-0.39, 0.29) is 6.10 Å². The molecule has 12 heavy (non-hydrogen) atoms. The number of hydrogen-bond acceptors (Lipinski definition) is 1. The highest BCUT2D eigenvalue weighted by Crippen LogP contribution is 2.11. The topological polar surface area (TPSA) is 9.23 Å². The molecule has 0 bridgehead atoms. The van der Waals surface area contributed by atoms with Crippen LogP contribution in [0.25, 0.3) is 0 Å².